The fourth-order valence-electron chi connectivity index (χ4n) is 1.87. The fraction of sp³-hybridized carbons (Fsp3) is 1.00. The predicted octanol–water partition coefficient (Wildman–Crippen LogP) is 3.48. The van der Waals surface area contributed by atoms with Crippen molar-refractivity contribution in [1.82, 2.24) is 5.32 Å². The van der Waals surface area contributed by atoms with E-state index in [0.717, 1.165) is 19.6 Å². The normalized spacial score (nSPS) is 15.8. The van der Waals surface area contributed by atoms with Crippen molar-refractivity contribution in [1.29, 1.82) is 0 Å². The van der Waals surface area contributed by atoms with Gasteiger partial charge in [-0.15, -0.1) is 0 Å². The molecule has 0 bridgehead atoms. The Kier molecular flexibility index (Phi) is 8.88. The maximum absolute atomic E-state index is 5.55. The maximum atomic E-state index is 5.55. The minimum absolute atomic E-state index is 0.186. The van der Waals surface area contributed by atoms with Crippen molar-refractivity contribution in [3.8, 4) is 0 Å². The van der Waals surface area contributed by atoms with Crippen LogP contribution in [0, 0.1) is 11.3 Å². The van der Waals surface area contributed by atoms with Crippen LogP contribution in [0.2, 0.25) is 0 Å². The van der Waals surface area contributed by atoms with Gasteiger partial charge in [-0.2, -0.15) is 0 Å². The van der Waals surface area contributed by atoms with Gasteiger partial charge in [-0.3, -0.25) is 0 Å². The highest BCUT2D eigenvalue weighted by atomic mass is 16.5. The van der Waals surface area contributed by atoms with Crippen LogP contribution in [0.5, 0.6) is 0 Å². The summed E-state index contributed by atoms with van der Waals surface area (Å²) in [7, 11) is 1.71. The summed E-state index contributed by atoms with van der Waals surface area (Å²) >= 11 is 0. The summed E-state index contributed by atoms with van der Waals surface area (Å²) in [5.74, 6) is 0.668. The van der Waals surface area contributed by atoms with E-state index < -0.39 is 0 Å². The standard InChI is InChI=1S/C16H35NO2/c1-14(2)16(6,13-17-15(3,4)5)9-8-10-19-12-11-18-7/h14,17H,8-13H2,1-7H3. The van der Waals surface area contributed by atoms with Crippen LogP contribution in [0.1, 0.15) is 54.4 Å². The lowest BCUT2D eigenvalue weighted by atomic mass is 9.75. The zero-order valence-corrected chi connectivity index (χ0v) is 14.1. The van der Waals surface area contributed by atoms with Gasteiger partial charge in [0, 0.05) is 25.8 Å². The average Bonchev–Trinajstić information content (AvgIpc) is 2.30. The van der Waals surface area contributed by atoms with Gasteiger partial charge in [0.25, 0.3) is 0 Å². The van der Waals surface area contributed by atoms with E-state index in [9.17, 15) is 0 Å². The van der Waals surface area contributed by atoms with Crippen LogP contribution in [0.3, 0.4) is 0 Å². The number of hydrogen-bond acceptors (Lipinski definition) is 3. The van der Waals surface area contributed by atoms with Crippen molar-refractivity contribution in [3.63, 3.8) is 0 Å². The highest BCUT2D eigenvalue weighted by Crippen LogP contribution is 2.32. The molecule has 0 heterocycles. The molecular formula is C16H35NO2. The molecule has 19 heavy (non-hydrogen) atoms. The molecule has 3 nitrogen and oxygen atoms in total. The molecule has 0 aliphatic heterocycles. The summed E-state index contributed by atoms with van der Waals surface area (Å²) in [4.78, 5) is 0. The van der Waals surface area contributed by atoms with Crippen molar-refractivity contribution in [3.05, 3.63) is 0 Å². The van der Waals surface area contributed by atoms with Gasteiger partial charge < -0.3 is 14.8 Å². The molecule has 0 saturated carbocycles. The van der Waals surface area contributed by atoms with Crippen LogP contribution < -0.4 is 5.32 Å². The molecule has 0 spiro atoms. The average molecular weight is 273 g/mol. The quantitative estimate of drug-likeness (QED) is 0.618. The molecule has 3 heteroatoms. The Bertz CT molecular complexity index is 223. The van der Waals surface area contributed by atoms with Crippen LogP contribution in [0.4, 0.5) is 0 Å². The Morgan fingerprint density at radius 2 is 1.63 bits per heavy atom. The summed E-state index contributed by atoms with van der Waals surface area (Å²) < 4.78 is 10.5. The van der Waals surface area contributed by atoms with E-state index in [0.29, 0.717) is 24.5 Å². The third kappa shape index (κ3) is 9.42. The Hall–Kier alpha value is -0.120. The van der Waals surface area contributed by atoms with Gasteiger partial charge in [-0.05, 0) is 44.9 Å². The predicted molar refractivity (Wildman–Crippen MR) is 82.6 cm³/mol. The van der Waals surface area contributed by atoms with E-state index in [4.69, 9.17) is 9.47 Å². The molecule has 0 fully saturated rings. The maximum Gasteiger partial charge on any atom is 0.0700 e. The summed E-state index contributed by atoms with van der Waals surface area (Å²) in [5, 5.41) is 3.64. The molecule has 0 aromatic heterocycles. The number of nitrogens with one attached hydrogen (secondary N) is 1. The lowest BCUT2D eigenvalue weighted by Crippen LogP contribution is -2.45. The zero-order valence-electron chi connectivity index (χ0n) is 14.1. The van der Waals surface area contributed by atoms with Gasteiger partial charge in [0.1, 0.15) is 0 Å². The Morgan fingerprint density at radius 3 is 2.11 bits per heavy atom. The number of rotatable bonds is 10. The molecule has 0 rings (SSSR count). The van der Waals surface area contributed by atoms with Gasteiger partial charge >= 0.3 is 0 Å². The Labute approximate surface area is 120 Å². The lowest BCUT2D eigenvalue weighted by Gasteiger charge is -2.37. The molecule has 1 N–H and O–H groups in total. The summed E-state index contributed by atoms with van der Waals surface area (Å²) in [5.41, 5.74) is 0.517. The first-order chi connectivity index (χ1) is 8.71. The summed E-state index contributed by atoms with van der Waals surface area (Å²) in [6, 6.07) is 0. The second-order valence-corrected chi connectivity index (χ2v) is 7.12. The van der Waals surface area contributed by atoms with E-state index in [1.54, 1.807) is 7.11 Å². The monoisotopic (exact) mass is 273 g/mol. The molecule has 0 saturated heterocycles. The third-order valence-corrected chi connectivity index (χ3v) is 3.88. The van der Waals surface area contributed by atoms with E-state index in [-0.39, 0.29) is 5.54 Å². The zero-order chi connectivity index (χ0) is 14.9. The SMILES string of the molecule is COCCOCCCC(C)(CNC(C)(C)C)C(C)C. The highest BCUT2D eigenvalue weighted by molar-refractivity contribution is 4.83. The minimum Gasteiger partial charge on any atom is -0.382 e. The molecule has 1 unspecified atom stereocenters. The van der Waals surface area contributed by atoms with E-state index in [1.165, 1.54) is 6.42 Å². The highest BCUT2D eigenvalue weighted by Gasteiger charge is 2.29. The molecule has 0 amide bonds. The van der Waals surface area contributed by atoms with Crippen molar-refractivity contribution in [2.75, 3.05) is 33.5 Å². The van der Waals surface area contributed by atoms with Crippen LogP contribution in [-0.4, -0.2) is 39.0 Å². The van der Waals surface area contributed by atoms with Crippen molar-refractivity contribution in [2.24, 2.45) is 11.3 Å². The topological polar surface area (TPSA) is 30.5 Å². The lowest BCUT2D eigenvalue weighted by molar-refractivity contribution is 0.0600. The molecule has 0 aromatic rings. The number of hydrogen-bond donors (Lipinski definition) is 1. The van der Waals surface area contributed by atoms with Gasteiger partial charge in [-0.25, -0.2) is 0 Å². The largest absolute Gasteiger partial charge is 0.382 e. The van der Waals surface area contributed by atoms with Gasteiger partial charge in [0.15, 0.2) is 0 Å². The van der Waals surface area contributed by atoms with E-state index in [1.807, 2.05) is 0 Å². The second kappa shape index (κ2) is 8.93. The molecule has 0 aliphatic rings. The first kappa shape index (κ1) is 18.9. The molecule has 0 radical (unpaired) electrons. The molecular weight excluding hydrogens is 238 g/mol. The van der Waals surface area contributed by atoms with Crippen molar-refractivity contribution >= 4 is 0 Å². The van der Waals surface area contributed by atoms with Crippen LogP contribution >= 0.6 is 0 Å². The van der Waals surface area contributed by atoms with Crippen molar-refractivity contribution < 1.29 is 9.47 Å². The van der Waals surface area contributed by atoms with E-state index >= 15 is 0 Å². The second-order valence-electron chi connectivity index (χ2n) is 7.12. The Balaban J connectivity index is 4.03. The Morgan fingerprint density at radius 1 is 1.00 bits per heavy atom. The smallest absolute Gasteiger partial charge is 0.0700 e. The van der Waals surface area contributed by atoms with Crippen molar-refractivity contribution in [2.45, 2.75) is 59.9 Å². The molecule has 0 aliphatic carbocycles. The minimum atomic E-state index is 0.186. The first-order valence-corrected chi connectivity index (χ1v) is 7.53. The number of ether oxygens (including phenoxy) is 2. The van der Waals surface area contributed by atoms with E-state index in [2.05, 4.69) is 46.9 Å². The van der Waals surface area contributed by atoms with Crippen LogP contribution in [0.15, 0.2) is 0 Å². The molecule has 1 atom stereocenters. The van der Waals surface area contributed by atoms with Gasteiger partial charge in [0.2, 0.25) is 0 Å². The molecule has 0 aromatic carbocycles. The van der Waals surface area contributed by atoms with Gasteiger partial charge in [-0.1, -0.05) is 20.8 Å². The number of methoxy groups -OCH3 is 1. The third-order valence-electron chi connectivity index (χ3n) is 3.88. The van der Waals surface area contributed by atoms with Gasteiger partial charge in [0.05, 0.1) is 13.2 Å². The molecule has 116 valence electrons. The van der Waals surface area contributed by atoms with Crippen LogP contribution in [-0.2, 0) is 9.47 Å². The van der Waals surface area contributed by atoms with Crippen LogP contribution in [0.25, 0.3) is 0 Å². The summed E-state index contributed by atoms with van der Waals surface area (Å²) in [6.07, 6.45) is 2.31. The first-order valence-electron chi connectivity index (χ1n) is 7.53. The summed E-state index contributed by atoms with van der Waals surface area (Å²) in [6.45, 7) is 17.0. The fourth-order valence-corrected chi connectivity index (χ4v) is 1.87.